The van der Waals surface area contributed by atoms with Crippen molar-refractivity contribution in [3.05, 3.63) is 56.7 Å². The lowest BCUT2D eigenvalue weighted by molar-refractivity contribution is -0.112. The van der Waals surface area contributed by atoms with Crippen molar-refractivity contribution in [2.45, 2.75) is 13.8 Å². The van der Waals surface area contributed by atoms with Gasteiger partial charge < -0.3 is 4.84 Å². The van der Waals surface area contributed by atoms with Gasteiger partial charge in [-0.05, 0) is 71.9 Å². The Hall–Kier alpha value is -1.76. The smallest absolute Gasteiger partial charge is 0.312 e. The summed E-state index contributed by atoms with van der Waals surface area (Å²) in [7, 11) is 0. The molecule has 0 bridgehead atoms. The summed E-state index contributed by atoms with van der Waals surface area (Å²) < 4.78 is 0.799. The van der Waals surface area contributed by atoms with Gasteiger partial charge in [-0.15, -0.1) is 0 Å². The first-order chi connectivity index (χ1) is 9.49. The number of halogens is 1. The van der Waals surface area contributed by atoms with Crippen LogP contribution in [0.2, 0.25) is 0 Å². The van der Waals surface area contributed by atoms with Crippen molar-refractivity contribution in [2.24, 2.45) is 5.16 Å². The van der Waals surface area contributed by atoms with Crippen LogP contribution in [0.4, 0.5) is 0 Å². The van der Waals surface area contributed by atoms with Crippen LogP contribution >= 0.6 is 22.6 Å². The van der Waals surface area contributed by atoms with Crippen molar-refractivity contribution in [3.8, 4) is 0 Å². The maximum Gasteiger partial charge on any atom is 0.366 e. The predicted octanol–water partition coefficient (Wildman–Crippen LogP) is 3.28. The summed E-state index contributed by atoms with van der Waals surface area (Å²) in [5.41, 5.74) is 2.08. The van der Waals surface area contributed by atoms with Crippen molar-refractivity contribution in [1.82, 2.24) is 0 Å². The van der Waals surface area contributed by atoms with Crippen LogP contribution in [-0.2, 0) is 9.63 Å². The van der Waals surface area contributed by atoms with E-state index in [1.165, 1.54) is 0 Å². The number of nitrogens with zero attached hydrogens (tertiary/aromatic N) is 1. The summed E-state index contributed by atoms with van der Waals surface area (Å²) in [5.74, 6) is -0.538. The second-order valence-corrected chi connectivity index (χ2v) is 5.52. The van der Waals surface area contributed by atoms with Crippen molar-refractivity contribution in [1.29, 1.82) is 0 Å². The SMILES string of the molecule is CC1=CC(=NOC(=O)c2ccccc2I)C=C(C)C1=O. The fourth-order valence-electron chi connectivity index (χ4n) is 1.75. The Morgan fingerprint density at radius 2 is 1.75 bits per heavy atom. The molecule has 4 nitrogen and oxygen atoms in total. The third-order valence-electron chi connectivity index (χ3n) is 2.77. The number of ketones is 1. The molecule has 1 aliphatic carbocycles. The number of hydrogen-bond acceptors (Lipinski definition) is 4. The van der Waals surface area contributed by atoms with Crippen molar-refractivity contribution in [3.63, 3.8) is 0 Å². The van der Waals surface area contributed by atoms with Crippen molar-refractivity contribution in [2.75, 3.05) is 0 Å². The van der Waals surface area contributed by atoms with Crippen LogP contribution in [0, 0.1) is 3.57 Å². The van der Waals surface area contributed by atoms with Gasteiger partial charge >= 0.3 is 5.97 Å². The quantitative estimate of drug-likeness (QED) is 0.342. The van der Waals surface area contributed by atoms with Crippen LogP contribution in [0.15, 0.2) is 52.7 Å². The molecular weight excluding hydrogens is 369 g/mol. The Kier molecular flexibility index (Phi) is 4.49. The molecule has 0 radical (unpaired) electrons. The fraction of sp³-hybridized carbons (Fsp3) is 0.133. The highest BCUT2D eigenvalue weighted by atomic mass is 127. The van der Waals surface area contributed by atoms with E-state index in [1.54, 1.807) is 38.1 Å². The number of carbonyl (C=O) groups excluding carboxylic acids is 2. The molecule has 5 heteroatoms. The first-order valence-corrected chi connectivity index (χ1v) is 7.02. The first kappa shape index (κ1) is 14.6. The molecule has 1 aromatic rings. The van der Waals surface area contributed by atoms with E-state index in [4.69, 9.17) is 4.84 Å². The number of rotatable bonds is 2. The predicted molar refractivity (Wildman–Crippen MR) is 84.5 cm³/mol. The Bertz CT molecular complexity index is 647. The van der Waals surface area contributed by atoms with Gasteiger partial charge in [-0.25, -0.2) is 4.79 Å². The van der Waals surface area contributed by atoms with Crippen molar-refractivity contribution < 1.29 is 14.4 Å². The van der Waals surface area contributed by atoms with Crippen LogP contribution in [0.1, 0.15) is 24.2 Å². The van der Waals surface area contributed by atoms with Gasteiger partial charge in [-0.3, -0.25) is 4.79 Å². The van der Waals surface area contributed by atoms with E-state index in [2.05, 4.69) is 27.7 Å². The van der Waals surface area contributed by atoms with Gasteiger partial charge in [-0.1, -0.05) is 17.3 Å². The number of allylic oxidation sites excluding steroid dienone is 4. The second kappa shape index (κ2) is 6.13. The van der Waals surface area contributed by atoms with Crippen LogP contribution < -0.4 is 0 Å². The van der Waals surface area contributed by atoms with Gasteiger partial charge in [0.2, 0.25) is 0 Å². The standard InChI is InChI=1S/C15H12INO3/c1-9-7-11(8-10(2)14(9)18)17-20-15(19)12-5-3-4-6-13(12)16/h3-8H,1-2H3. The van der Waals surface area contributed by atoms with Crippen LogP contribution in [0.3, 0.4) is 0 Å². The third-order valence-corrected chi connectivity index (χ3v) is 3.71. The highest BCUT2D eigenvalue weighted by Crippen LogP contribution is 2.15. The molecule has 0 spiro atoms. The van der Waals surface area contributed by atoms with E-state index in [1.807, 2.05) is 12.1 Å². The van der Waals surface area contributed by atoms with E-state index in [9.17, 15) is 9.59 Å². The highest BCUT2D eigenvalue weighted by Gasteiger charge is 2.15. The number of benzene rings is 1. The van der Waals surface area contributed by atoms with Gasteiger partial charge in [0.05, 0.1) is 5.56 Å². The zero-order valence-electron chi connectivity index (χ0n) is 11.0. The molecule has 102 valence electrons. The average molecular weight is 381 g/mol. The zero-order valence-corrected chi connectivity index (χ0v) is 13.2. The molecule has 0 amide bonds. The van der Waals surface area contributed by atoms with E-state index in [0.717, 1.165) is 3.57 Å². The normalized spacial score (nSPS) is 14.6. The Morgan fingerprint density at radius 1 is 1.15 bits per heavy atom. The average Bonchev–Trinajstić information content (AvgIpc) is 2.42. The van der Waals surface area contributed by atoms with Gasteiger partial charge in [-0.2, -0.15) is 0 Å². The molecular formula is C15H12INO3. The largest absolute Gasteiger partial charge is 0.366 e. The minimum atomic E-state index is -0.517. The highest BCUT2D eigenvalue weighted by molar-refractivity contribution is 14.1. The van der Waals surface area contributed by atoms with Gasteiger partial charge in [0.15, 0.2) is 5.78 Å². The number of carbonyl (C=O) groups is 2. The Morgan fingerprint density at radius 3 is 2.35 bits per heavy atom. The fourth-order valence-corrected chi connectivity index (χ4v) is 2.36. The van der Waals surface area contributed by atoms with E-state index >= 15 is 0 Å². The molecule has 2 rings (SSSR count). The lowest BCUT2D eigenvalue weighted by Gasteiger charge is -2.08. The summed E-state index contributed by atoms with van der Waals surface area (Å²) in [6.07, 6.45) is 3.19. The molecule has 0 saturated heterocycles. The molecule has 0 heterocycles. The van der Waals surface area contributed by atoms with E-state index < -0.39 is 5.97 Å². The van der Waals surface area contributed by atoms with Crippen LogP contribution in [0.25, 0.3) is 0 Å². The van der Waals surface area contributed by atoms with Gasteiger partial charge in [0.25, 0.3) is 0 Å². The Labute approximate surface area is 130 Å². The molecule has 0 N–H and O–H groups in total. The van der Waals surface area contributed by atoms with E-state index in [-0.39, 0.29) is 5.78 Å². The molecule has 0 aliphatic heterocycles. The molecule has 1 aliphatic rings. The topological polar surface area (TPSA) is 55.7 Å². The van der Waals surface area contributed by atoms with E-state index in [0.29, 0.717) is 22.4 Å². The van der Waals surface area contributed by atoms with Crippen LogP contribution in [0.5, 0.6) is 0 Å². The maximum absolute atomic E-state index is 11.9. The zero-order chi connectivity index (χ0) is 14.7. The molecule has 0 atom stereocenters. The van der Waals surface area contributed by atoms with Gasteiger partial charge in [0, 0.05) is 3.57 Å². The third kappa shape index (κ3) is 3.22. The number of oxime groups is 1. The molecule has 0 unspecified atom stereocenters. The molecule has 0 fully saturated rings. The monoisotopic (exact) mass is 381 g/mol. The summed E-state index contributed by atoms with van der Waals surface area (Å²) in [6.45, 7) is 3.41. The summed E-state index contributed by atoms with van der Waals surface area (Å²) >= 11 is 2.06. The lowest BCUT2D eigenvalue weighted by atomic mass is 9.98. The Balaban J connectivity index is 2.17. The summed E-state index contributed by atoms with van der Waals surface area (Å²) in [5, 5.41) is 3.79. The summed E-state index contributed by atoms with van der Waals surface area (Å²) in [6, 6.07) is 7.10. The molecule has 0 aromatic heterocycles. The minimum Gasteiger partial charge on any atom is -0.312 e. The second-order valence-electron chi connectivity index (χ2n) is 4.36. The maximum atomic E-state index is 11.9. The minimum absolute atomic E-state index is 0.0205. The lowest BCUT2D eigenvalue weighted by Crippen LogP contribution is -2.12. The first-order valence-electron chi connectivity index (χ1n) is 5.94. The van der Waals surface area contributed by atoms with Crippen LogP contribution in [-0.4, -0.2) is 17.5 Å². The molecule has 20 heavy (non-hydrogen) atoms. The van der Waals surface area contributed by atoms with Crippen molar-refractivity contribution >= 4 is 40.1 Å². The number of Topliss-reactive ketones (excluding diaryl/α,β-unsaturated/α-hetero) is 1. The summed E-state index contributed by atoms with van der Waals surface area (Å²) in [4.78, 5) is 28.4. The molecule has 1 aromatic carbocycles. The number of hydrogen-bond donors (Lipinski definition) is 0. The van der Waals surface area contributed by atoms with Gasteiger partial charge in [0.1, 0.15) is 5.71 Å². The molecule has 0 saturated carbocycles.